The molecule has 1 heterocycles. The number of hydrogen-bond donors (Lipinski definition) is 0. The Balaban J connectivity index is 3.31. The lowest BCUT2D eigenvalue weighted by Crippen LogP contribution is -2.16. The van der Waals surface area contributed by atoms with E-state index in [0.29, 0.717) is 17.8 Å². The molecule has 0 aliphatic carbocycles. The first-order valence-corrected chi connectivity index (χ1v) is 3.48. The largest absolute Gasteiger partial charge is 0.434 e. The summed E-state index contributed by atoms with van der Waals surface area (Å²) in [5.41, 5.74) is -2.76. The first-order valence-electron chi connectivity index (χ1n) is 3.48. The van der Waals surface area contributed by atoms with Crippen LogP contribution < -0.4 is 0 Å². The molecular formula is C7H6F5N2-. The molecule has 0 atom stereocenters. The number of alkyl halides is 5. The van der Waals surface area contributed by atoms with Gasteiger partial charge in [-0.15, -0.1) is 6.20 Å². The molecule has 14 heavy (non-hydrogen) atoms. The van der Waals surface area contributed by atoms with E-state index in [1.165, 1.54) is 0 Å². The van der Waals surface area contributed by atoms with Crippen LogP contribution >= 0.6 is 0 Å². The number of aromatic nitrogens is 2. The van der Waals surface area contributed by atoms with E-state index in [4.69, 9.17) is 0 Å². The van der Waals surface area contributed by atoms with Gasteiger partial charge in [-0.3, -0.25) is 0 Å². The Morgan fingerprint density at radius 3 is 2.07 bits per heavy atom. The van der Waals surface area contributed by atoms with Crippen molar-refractivity contribution < 1.29 is 22.0 Å². The second-order valence-corrected chi connectivity index (χ2v) is 2.82. The zero-order chi connectivity index (χ0) is 11.1. The van der Waals surface area contributed by atoms with Crippen LogP contribution in [-0.2, 0) is 12.1 Å². The van der Waals surface area contributed by atoms with E-state index in [-0.39, 0.29) is 0 Å². The van der Waals surface area contributed by atoms with Crippen molar-refractivity contribution in [1.82, 2.24) is 9.78 Å². The Kier molecular flexibility index (Phi) is 2.21. The molecule has 0 radical (unpaired) electrons. The van der Waals surface area contributed by atoms with Crippen LogP contribution in [0, 0.1) is 7.05 Å². The third-order valence-electron chi connectivity index (χ3n) is 1.50. The van der Waals surface area contributed by atoms with Crippen LogP contribution in [0.3, 0.4) is 0 Å². The fraction of sp³-hybridized carbons (Fsp3) is 0.429. The van der Waals surface area contributed by atoms with Crippen molar-refractivity contribution in [3.05, 3.63) is 24.5 Å². The molecular weight excluding hydrogens is 207 g/mol. The van der Waals surface area contributed by atoms with Crippen LogP contribution in [0.5, 0.6) is 0 Å². The van der Waals surface area contributed by atoms with E-state index < -0.39 is 23.4 Å². The molecule has 0 aliphatic heterocycles. The quantitative estimate of drug-likeness (QED) is 0.518. The summed E-state index contributed by atoms with van der Waals surface area (Å²) >= 11 is 0. The van der Waals surface area contributed by atoms with Gasteiger partial charge in [0.2, 0.25) is 0 Å². The van der Waals surface area contributed by atoms with Crippen LogP contribution in [0.4, 0.5) is 22.0 Å². The maximum absolute atomic E-state index is 12.7. The topological polar surface area (TPSA) is 17.8 Å². The van der Waals surface area contributed by atoms with Gasteiger partial charge in [0.25, 0.3) is 5.92 Å². The fourth-order valence-corrected chi connectivity index (χ4v) is 0.952. The molecule has 0 amide bonds. The minimum absolute atomic E-state index is 0.374. The minimum atomic E-state index is -4.89. The van der Waals surface area contributed by atoms with Crippen LogP contribution in [0.1, 0.15) is 18.2 Å². The van der Waals surface area contributed by atoms with Crippen molar-refractivity contribution in [2.45, 2.75) is 19.0 Å². The lowest BCUT2D eigenvalue weighted by atomic mass is 10.1. The summed E-state index contributed by atoms with van der Waals surface area (Å²) in [5.74, 6) is -3.58. The van der Waals surface area contributed by atoms with Gasteiger partial charge in [-0.1, -0.05) is 0 Å². The Morgan fingerprint density at radius 1 is 1.29 bits per heavy atom. The van der Waals surface area contributed by atoms with Gasteiger partial charge in [0.15, 0.2) is 5.69 Å². The molecule has 0 unspecified atom stereocenters. The van der Waals surface area contributed by atoms with E-state index in [1.807, 2.05) is 0 Å². The van der Waals surface area contributed by atoms with E-state index in [2.05, 4.69) is 12.1 Å². The van der Waals surface area contributed by atoms with Crippen molar-refractivity contribution in [3.63, 3.8) is 0 Å². The van der Waals surface area contributed by atoms with E-state index in [0.717, 1.165) is 0 Å². The summed E-state index contributed by atoms with van der Waals surface area (Å²) in [6, 6.07) is 0. The van der Waals surface area contributed by atoms with E-state index in [1.54, 1.807) is 0 Å². The van der Waals surface area contributed by atoms with Crippen LogP contribution in [-0.4, -0.2) is 9.78 Å². The molecule has 0 saturated carbocycles. The average Bonchev–Trinajstić information content (AvgIpc) is 2.27. The number of nitrogens with zero attached hydrogens (tertiary/aromatic N) is 2. The third kappa shape index (κ3) is 1.97. The molecule has 0 saturated heterocycles. The van der Waals surface area contributed by atoms with E-state index >= 15 is 0 Å². The Hall–Kier alpha value is -1.27. The first kappa shape index (κ1) is 10.8. The third-order valence-corrected chi connectivity index (χ3v) is 1.50. The van der Waals surface area contributed by atoms with Gasteiger partial charge in [0.05, 0.1) is 0 Å². The van der Waals surface area contributed by atoms with Gasteiger partial charge >= 0.3 is 6.18 Å². The number of rotatable bonds is 1. The lowest BCUT2D eigenvalue weighted by molar-refractivity contribution is -0.145. The van der Waals surface area contributed by atoms with Crippen molar-refractivity contribution in [2.24, 2.45) is 0 Å². The maximum atomic E-state index is 12.7. The molecule has 0 spiro atoms. The van der Waals surface area contributed by atoms with Crippen molar-refractivity contribution in [1.29, 1.82) is 0 Å². The van der Waals surface area contributed by atoms with Gasteiger partial charge in [-0.25, -0.2) is 13.9 Å². The predicted molar refractivity (Wildman–Crippen MR) is 37.6 cm³/mol. The zero-order valence-electron chi connectivity index (χ0n) is 7.07. The molecule has 0 aromatic carbocycles. The highest BCUT2D eigenvalue weighted by Gasteiger charge is 2.40. The molecule has 0 bridgehead atoms. The summed E-state index contributed by atoms with van der Waals surface area (Å²) in [6.45, 7) is 0.374. The molecule has 1 rings (SSSR count). The highest BCUT2D eigenvalue weighted by Crippen LogP contribution is 2.37. The molecule has 0 N–H and O–H groups in total. The fourth-order valence-electron chi connectivity index (χ4n) is 0.952. The van der Waals surface area contributed by atoms with Gasteiger partial charge < -0.3 is 4.68 Å². The Labute approximate surface area is 76.3 Å². The Morgan fingerprint density at radius 2 is 1.79 bits per heavy atom. The van der Waals surface area contributed by atoms with Crippen molar-refractivity contribution >= 4 is 0 Å². The SMILES string of the molecule is [CH2-]n1cc(C(C)(F)F)c(C(F)(F)F)n1. The molecule has 1 aromatic heterocycles. The molecule has 0 fully saturated rings. The summed E-state index contributed by atoms with van der Waals surface area (Å²) in [4.78, 5) is 0. The predicted octanol–water partition coefficient (Wildman–Crippen LogP) is 2.65. The summed E-state index contributed by atoms with van der Waals surface area (Å²) < 4.78 is 62.3. The summed E-state index contributed by atoms with van der Waals surface area (Å²) in [7, 11) is 3.00. The number of halogens is 5. The standard InChI is InChI=1S/C7H6F5N2/c1-6(8,9)4-3-14(2)13-5(4)7(10,11)12/h3H,2H2,1H3/q-1. The second kappa shape index (κ2) is 2.86. The normalized spacial score (nSPS) is 13.3. The summed E-state index contributed by atoms with van der Waals surface area (Å²) in [5, 5.41) is 2.85. The van der Waals surface area contributed by atoms with Crippen molar-refractivity contribution in [3.8, 4) is 0 Å². The molecule has 80 valence electrons. The first-order chi connectivity index (χ1) is 6.12. The smallest absolute Gasteiger partial charge is 0.407 e. The number of hydrogen-bond acceptors (Lipinski definition) is 1. The molecule has 1 aromatic rings. The van der Waals surface area contributed by atoms with Crippen LogP contribution in [0.25, 0.3) is 0 Å². The van der Waals surface area contributed by atoms with E-state index in [9.17, 15) is 22.0 Å². The van der Waals surface area contributed by atoms with Crippen LogP contribution in [0.15, 0.2) is 6.20 Å². The monoisotopic (exact) mass is 213 g/mol. The summed E-state index contributed by atoms with van der Waals surface area (Å²) in [6.07, 6.45) is -4.33. The molecule has 7 heteroatoms. The van der Waals surface area contributed by atoms with Gasteiger partial charge in [-0.05, 0) is 5.56 Å². The highest BCUT2D eigenvalue weighted by molar-refractivity contribution is 5.24. The Bertz CT molecular complexity index is 301. The van der Waals surface area contributed by atoms with Crippen LogP contribution in [0.2, 0.25) is 0 Å². The van der Waals surface area contributed by atoms with Crippen molar-refractivity contribution in [2.75, 3.05) is 0 Å². The lowest BCUT2D eigenvalue weighted by Gasteiger charge is -2.14. The van der Waals surface area contributed by atoms with Gasteiger partial charge in [0.1, 0.15) is 0 Å². The average molecular weight is 213 g/mol. The van der Waals surface area contributed by atoms with Gasteiger partial charge in [0, 0.05) is 6.92 Å². The maximum Gasteiger partial charge on any atom is 0.434 e. The molecule has 2 nitrogen and oxygen atoms in total. The minimum Gasteiger partial charge on any atom is -0.407 e. The highest BCUT2D eigenvalue weighted by atomic mass is 19.4. The molecule has 0 aliphatic rings. The zero-order valence-corrected chi connectivity index (χ0v) is 7.07. The second-order valence-electron chi connectivity index (χ2n) is 2.82. The van der Waals surface area contributed by atoms with Gasteiger partial charge in [-0.2, -0.15) is 20.2 Å².